The maximum atomic E-state index is 2.63. The third-order valence-electron chi connectivity index (χ3n) is 3.80. The molecule has 2 fully saturated rings. The highest BCUT2D eigenvalue weighted by Gasteiger charge is 2.24. The Morgan fingerprint density at radius 1 is 0.923 bits per heavy atom. The van der Waals surface area contributed by atoms with Crippen LogP contribution in [0.2, 0.25) is 0 Å². The third kappa shape index (κ3) is 2.12. The minimum atomic E-state index is 0.937. The van der Waals surface area contributed by atoms with Crippen LogP contribution in [-0.2, 0) is 0 Å². The zero-order chi connectivity index (χ0) is 9.10. The van der Waals surface area contributed by atoms with Crippen LogP contribution in [-0.4, -0.2) is 23.4 Å². The van der Waals surface area contributed by atoms with Gasteiger partial charge in [-0.05, 0) is 12.8 Å². The summed E-state index contributed by atoms with van der Waals surface area (Å²) in [5.74, 6) is 0.937. The Labute approximate surface area is 81.8 Å². The first kappa shape index (κ1) is 9.23. The molecule has 0 atom stereocenters. The van der Waals surface area contributed by atoms with Gasteiger partial charge in [-0.1, -0.05) is 19.3 Å². The number of hydrogen-bond acceptors (Lipinski definition) is 0. The van der Waals surface area contributed by atoms with Crippen LogP contribution in [0, 0.1) is 5.92 Å². The highest BCUT2D eigenvalue weighted by Crippen LogP contribution is 2.25. The van der Waals surface area contributed by atoms with Crippen molar-refractivity contribution in [3.05, 3.63) is 0 Å². The molecule has 1 saturated carbocycles. The zero-order valence-corrected chi connectivity index (χ0v) is 8.89. The minimum absolute atomic E-state index is 0.937. The highest BCUT2D eigenvalue weighted by atomic mass is 15.0. The molecular weight excluding hydrogens is 158 g/mol. The maximum absolute atomic E-state index is 2.63. The summed E-state index contributed by atoms with van der Waals surface area (Å²) in [5, 5.41) is 0. The normalized spacial score (nSPS) is 25.2. The van der Waals surface area contributed by atoms with Crippen molar-refractivity contribution in [2.75, 3.05) is 13.1 Å². The van der Waals surface area contributed by atoms with Crippen LogP contribution in [0.3, 0.4) is 0 Å². The van der Waals surface area contributed by atoms with E-state index >= 15 is 0 Å². The van der Waals surface area contributed by atoms with Crippen LogP contribution < -0.4 is 0 Å². The molecule has 1 aliphatic carbocycles. The van der Waals surface area contributed by atoms with Gasteiger partial charge in [-0.2, -0.15) is 0 Å². The summed E-state index contributed by atoms with van der Waals surface area (Å²) in [5.41, 5.74) is 1.71. The van der Waals surface area contributed by atoms with Gasteiger partial charge in [-0.3, -0.25) is 0 Å². The summed E-state index contributed by atoms with van der Waals surface area (Å²) in [6.45, 7) is 5.05. The number of nitrogens with zero attached hydrogens (tertiary/aromatic N) is 1. The molecule has 0 amide bonds. The van der Waals surface area contributed by atoms with E-state index in [1.165, 1.54) is 58.0 Å². The highest BCUT2D eigenvalue weighted by molar-refractivity contribution is 5.79. The predicted octanol–water partition coefficient (Wildman–Crippen LogP) is 2.83. The first-order valence-electron chi connectivity index (χ1n) is 5.96. The van der Waals surface area contributed by atoms with Gasteiger partial charge >= 0.3 is 0 Å². The van der Waals surface area contributed by atoms with Crippen molar-refractivity contribution in [2.45, 2.75) is 51.9 Å². The van der Waals surface area contributed by atoms with Crippen molar-refractivity contribution in [1.29, 1.82) is 0 Å². The number of hydrogen-bond donors (Lipinski definition) is 0. The van der Waals surface area contributed by atoms with Crippen LogP contribution in [0.1, 0.15) is 51.9 Å². The molecule has 1 aliphatic heterocycles. The fourth-order valence-corrected chi connectivity index (χ4v) is 2.85. The lowest BCUT2D eigenvalue weighted by atomic mass is 9.86. The van der Waals surface area contributed by atoms with E-state index in [0.717, 1.165) is 5.92 Å². The molecule has 1 saturated heterocycles. The monoisotopic (exact) mass is 180 g/mol. The molecular formula is C12H22N+. The lowest BCUT2D eigenvalue weighted by Gasteiger charge is -2.19. The molecule has 1 heterocycles. The Morgan fingerprint density at radius 2 is 1.54 bits per heavy atom. The molecule has 1 nitrogen and oxygen atoms in total. The fraction of sp³-hybridized carbons (Fsp3) is 0.917. The van der Waals surface area contributed by atoms with E-state index in [4.69, 9.17) is 0 Å². The smallest absolute Gasteiger partial charge is 0.152 e. The summed E-state index contributed by atoms with van der Waals surface area (Å²) >= 11 is 0. The van der Waals surface area contributed by atoms with Crippen molar-refractivity contribution in [3.8, 4) is 0 Å². The van der Waals surface area contributed by atoms with Gasteiger partial charge in [0.05, 0.1) is 0 Å². The first-order valence-corrected chi connectivity index (χ1v) is 5.96. The van der Waals surface area contributed by atoms with E-state index < -0.39 is 0 Å². The van der Waals surface area contributed by atoms with Gasteiger partial charge in [0.25, 0.3) is 0 Å². The van der Waals surface area contributed by atoms with E-state index in [2.05, 4.69) is 11.5 Å². The molecule has 13 heavy (non-hydrogen) atoms. The first-order chi connectivity index (χ1) is 6.38. The standard InChI is InChI=1S/C12H22N/c1-11(13-9-5-6-10-13)12-7-3-2-4-8-12/h12H,2-10H2,1H3/q+1. The van der Waals surface area contributed by atoms with Crippen molar-refractivity contribution in [3.63, 3.8) is 0 Å². The molecule has 0 bridgehead atoms. The Hall–Kier alpha value is -0.330. The number of rotatable bonds is 1. The van der Waals surface area contributed by atoms with Crippen molar-refractivity contribution >= 4 is 5.71 Å². The van der Waals surface area contributed by atoms with Gasteiger partial charge in [0.1, 0.15) is 13.1 Å². The van der Waals surface area contributed by atoms with Gasteiger partial charge in [0, 0.05) is 25.7 Å². The van der Waals surface area contributed by atoms with Crippen molar-refractivity contribution < 1.29 is 4.58 Å². The molecule has 0 aromatic carbocycles. The van der Waals surface area contributed by atoms with Gasteiger partial charge in [0.2, 0.25) is 0 Å². The van der Waals surface area contributed by atoms with Gasteiger partial charge in [-0.25, -0.2) is 4.58 Å². The average Bonchev–Trinajstić information content (AvgIpc) is 2.71. The fourth-order valence-electron chi connectivity index (χ4n) is 2.85. The molecule has 2 aliphatic rings. The molecule has 0 unspecified atom stereocenters. The minimum Gasteiger partial charge on any atom is -0.237 e. The Balaban J connectivity index is 2.00. The van der Waals surface area contributed by atoms with Crippen LogP contribution in [0.4, 0.5) is 0 Å². The van der Waals surface area contributed by atoms with E-state index in [0.29, 0.717) is 0 Å². The van der Waals surface area contributed by atoms with E-state index in [9.17, 15) is 0 Å². The second-order valence-electron chi connectivity index (χ2n) is 4.67. The molecule has 0 radical (unpaired) electrons. The van der Waals surface area contributed by atoms with Gasteiger partial charge in [0.15, 0.2) is 5.71 Å². The molecule has 0 aromatic rings. The second kappa shape index (κ2) is 4.26. The largest absolute Gasteiger partial charge is 0.237 e. The molecule has 0 N–H and O–H groups in total. The molecule has 0 spiro atoms. The lowest BCUT2D eigenvalue weighted by Crippen LogP contribution is -2.25. The molecule has 0 aromatic heterocycles. The van der Waals surface area contributed by atoms with E-state index in [-0.39, 0.29) is 0 Å². The quantitative estimate of drug-likeness (QED) is 0.546. The summed E-state index contributed by atoms with van der Waals surface area (Å²) in [7, 11) is 0. The average molecular weight is 180 g/mol. The summed E-state index contributed by atoms with van der Waals surface area (Å²) in [6.07, 6.45) is 10.2. The SMILES string of the molecule is CC(C1CCCCC1)=[N+]1CCCC1. The Kier molecular flexibility index (Phi) is 3.02. The van der Waals surface area contributed by atoms with Crippen molar-refractivity contribution in [2.24, 2.45) is 5.92 Å². The topological polar surface area (TPSA) is 3.01 Å². The predicted molar refractivity (Wildman–Crippen MR) is 56.5 cm³/mol. The van der Waals surface area contributed by atoms with Crippen LogP contribution in [0.5, 0.6) is 0 Å². The van der Waals surface area contributed by atoms with Crippen molar-refractivity contribution in [1.82, 2.24) is 0 Å². The molecule has 1 heteroatoms. The summed E-state index contributed by atoms with van der Waals surface area (Å²) in [4.78, 5) is 0. The molecule has 74 valence electrons. The zero-order valence-electron chi connectivity index (χ0n) is 8.89. The van der Waals surface area contributed by atoms with E-state index in [1.54, 1.807) is 5.71 Å². The van der Waals surface area contributed by atoms with Gasteiger partial charge in [-0.15, -0.1) is 0 Å². The van der Waals surface area contributed by atoms with Crippen LogP contribution in [0.25, 0.3) is 0 Å². The third-order valence-corrected chi connectivity index (χ3v) is 3.80. The maximum Gasteiger partial charge on any atom is 0.152 e. The summed E-state index contributed by atoms with van der Waals surface area (Å²) in [6, 6.07) is 0. The molecule has 2 rings (SSSR count). The Bertz CT molecular complexity index is 191. The Morgan fingerprint density at radius 3 is 2.15 bits per heavy atom. The second-order valence-corrected chi connectivity index (χ2v) is 4.67. The summed E-state index contributed by atoms with van der Waals surface area (Å²) < 4.78 is 2.63. The van der Waals surface area contributed by atoms with Crippen LogP contribution >= 0.6 is 0 Å². The van der Waals surface area contributed by atoms with E-state index in [1.807, 2.05) is 0 Å². The van der Waals surface area contributed by atoms with Crippen LogP contribution in [0.15, 0.2) is 0 Å². The van der Waals surface area contributed by atoms with Gasteiger partial charge < -0.3 is 0 Å². The lowest BCUT2D eigenvalue weighted by molar-refractivity contribution is -0.509.